The summed E-state index contributed by atoms with van der Waals surface area (Å²) in [5.41, 5.74) is 9.10. The van der Waals surface area contributed by atoms with Gasteiger partial charge in [-0.1, -0.05) is 74.3 Å². The van der Waals surface area contributed by atoms with Gasteiger partial charge < -0.3 is 11.1 Å². The molecule has 0 aliphatic rings. The lowest BCUT2D eigenvalue weighted by atomic mass is 9.96. The van der Waals surface area contributed by atoms with Gasteiger partial charge in [-0.25, -0.2) is 9.97 Å². The Morgan fingerprint density at radius 1 is 1.00 bits per heavy atom. The van der Waals surface area contributed by atoms with Crippen molar-refractivity contribution in [3.05, 3.63) is 100 Å². The number of hydrogen-bond donors (Lipinski definition) is 2. The SMILES string of the molecule is CCCC(C)c1nc(Cc2ccc(NC(=O)c3ccc4ccccc4c3)cc2)nc(Cl)c1CC(N)=O. The van der Waals surface area contributed by atoms with Gasteiger partial charge in [-0.15, -0.1) is 0 Å². The molecule has 3 N–H and O–H groups in total. The van der Waals surface area contributed by atoms with Crippen LogP contribution in [0.25, 0.3) is 10.8 Å². The number of halogens is 1. The summed E-state index contributed by atoms with van der Waals surface area (Å²) < 4.78 is 0. The van der Waals surface area contributed by atoms with E-state index in [0.29, 0.717) is 29.1 Å². The summed E-state index contributed by atoms with van der Waals surface area (Å²) >= 11 is 6.46. The predicted octanol–water partition coefficient (Wildman–Crippen LogP) is 6.06. The Bertz CT molecular complexity index is 1400. The number of nitrogens with two attached hydrogens (primary N) is 1. The van der Waals surface area contributed by atoms with E-state index in [9.17, 15) is 9.59 Å². The minimum absolute atomic E-state index is 0.0219. The van der Waals surface area contributed by atoms with Crippen LogP contribution in [0, 0.1) is 0 Å². The molecule has 2 amide bonds. The van der Waals surface area contributed by atoms with E-state index in [4.69, 9.17) is 22.3 Å². The molecule has 0 radical (unpaired) electrons. The third-order valence-electron chi connectivity index (χ3n) is 6.16. The minimum atomic E-state index is -0.459. The number of primary amides is 1. The zero-order valence-electron chi connectivity index (χ0n) is 20.4. The molecule has 4 aromatic rings. The first-order valence-corrected chi connectivity index (χ1v) is 12.4. The van der Waals surface area contributed by atoms with Crippen LogP contribution in [-0.2, 0) is 17.6 Å². The molecule has 0 saturated heterocycles. The maximum atomic E-state index is 12.8. The Morgan fingerprint density at radius 3 is 2.42 bits per heavy atom. The molecule has 0 bridgehead atoms. The van der Waals surface area contributed by atoms with Gasteiger partial charge in [0.2, 0.25) is 5.91 Å². The van der Waals surface area contributed by atoms with Crippen LogP contribution < -0.4 is 11.1 Å². The summed E-state index contributed by atoms with van der Waals surface area (Å²) in [6.45, 7) is 4.18. The third-order valence-corrected chi connectivity index (χ3v) is 6.47. The minimum Gasteiger partial charge on any atom is -0.369 e. The number of carbonyl (C=O) groups is 2. The number of amides is 2. The van der Waals surface area contributed by atoms with Gasteiger partial charge in [0.15, 0.2) is 0 Å². The van der Waals surface area contributed by atoms with E-state index in [2.05, 4.69) is 24.1 Å². The van der Waals surface area contributed by atoms with Crippen LogP contribution in [0.3, 0.4) is 0 Å². The summed E-state index contributed by atoms with van der Waals surface area (Å²) in [6, 6.07) is 21.2. The number of benzene rings is 3. The van der Waals surface area contributed by atoms with Crippen LogP contribution in [0.2, 0.25) is 5.15 Å². The van der Waals surface area contributed by atoms with Crippen LogP contribution in [0.5, 0.6) is 0 Å². The fourth-order valence-electron chi connectivity index (χ4n) is 4.33. The quantitative estimate of drug-likeness (QED) is 0.273. The molecular formula is C29H29ClN4O2. The number of anilines is 1. The van der Waals surface area contributed by atoms with Crippen molar-refractivity contribution in [2.75, 3.05) is 5.32 Å². The highest BCUT2D eigenvalue weighted by Crippen LogP contribution is 2.28. The smallest absolute Gasteiger partial charge is 0.255 e. The van der Waals surface area contributed by atoms with Gasteiger partial charge in [0, 0.05) is 23.2 Å². The second-order valence-electron chi connectivity index (χ2n) is 9.02. The summed E-state index contributed by atoms with van der Waals surface area (Å²) in [4.78, 5) is 33.5. The van der Waals surface area contributed by atoms with Crippen molar-refractivity contribution in [3.63, 3.8) is 0 Å². The monoisotopic (exact) mass is 500 g/mol. The Morgan fingerprint density at radius 2 is 1.72 bits per heavy atom. The molecule has 1 unspecified atom stereocenters. The molecule has 184 valence electrons. The van der Waals surface area contributed by atoms with Gasteiger partial charge in [0.05, 0.1) is 12.1 Å². The highest BCUT2D eigenvalue weighted by molar-refractivity contribution is 6.30. The fraction of sp³-hybridized carbons (Fsp3) is 0.241. The molecule has 6 nitrogen and oxygen atoms in total. The molecule has 36 heavy (non-hydrogen) atoms. The number of hydrogen-bond acceptors (Lipinski definition) is 4. The Hall–Kier alpha value is -3.77. The number of nitrogens with one attached hydrogen (secondary N) is 1. The number of rotatable bonds is 9. The predicted molar refractivity (Wildman–Crippen MR) is 144 cm³/mol. The molecule has 7 heteroatoms. The normalized spacial score (nSPS) is 11.9. The number of aromatic nitrogens is 2. The second-order valence-corrected chi connectivity index (χ2v) is 9.38. The Labute approximate surface area is 215 Å². The van der Waals surface area contributed by atoms with Crippen LogP contribution >= 0.6 is 11.6 Å². The first-order chi connectivity index (χ1) is 17.3. The summed E-state index contributed by atoms with van der Waals surface area (Å²) in [6.07, 6.45) is 2.40. The zero-order valence-corrected chi connectivity index (χ0v) is 21.2. The van der Waals surface area contributed by atoms with Crippen molar-refractivity contribution in [2.24, 2.45) is 5.73 Å². The van der Waals surface area contributed by atoms with Crippen molar-refractivity contribution < 1.29 is 9.59 Å². The van der Waals surface area contributed by atoms with Gasteiger partial charge in [-0.2, -0.15) is 0 Å². The highest BCUT2D eigenvalue weighted by Gasteiger charge is 2.19. The van der Waals surface area contributed by atoms with Gasteiger partial charge in [-0.05, 0) is 52.9 Å². The van der Waals surface area contributed by atoms with Crippen molar-refractivity contribution in [1.82, 2.24) is 9.97 Å². The first kappa shape index (κ1) is 25.3. The molecule has 0 spiro atoms. The first-order valence-electron chi connectivity index (χ1n) is 12.1. The lowest BCUT2D eigenvalue weighted by Crippen LogP contribution is -2.18. The molecule has 0 saturated carbocycles. The average Bonchev–Trinajstić information content (AvgIpc) is 2.86. The molecule has 0 aliphatic heterocycles. The highest BCUT2D eigenvalue weighted by atomic mass is 35.5. The van der Waals surface area contributed by atoms with Crippen molar-refractivity contribution in [3.8, 4) is 0 Å². The molecular weight excluding hydrogens is 472 g/mol. The van der Waals surface area contributed by atoms with E-state index in [-0.39, 0.29) is 23.4 Å². The number of carbonyl (C=O) groups excluding carboxylic acids is 2. The summed E-state index contributed by atoms with van der Waals surface area (Å²) in [5, 5.41) is 5.34. The molecule has 1 heterocycles. The van der Waals surface area contributed by atoms with Crippen LogP contribution in [0.1, 0.15) is 65.6 Å². The third kappa shape index (κ3) is 6.07. The van der Waals surface area contributed by atoms with E-state index >= 15 is 0 Å². The van der Waals surface area contributed by atoms with Crippen molar-refractivity contribution in [2.45, 2.75) is 45.4 Å². The molecule has 3 aromatic carbocycles. The standard InChI is InChI=1S/C29H29ClN4O2/c1-3-6-18(2)27-24(17-25(31)35)28(30)34-26(33-27)15-19-9-13-23(14-10-19)32-29(36)22-12-11-20-7-4-5-8-21(20)16-22/h4-5,7-14,16,18H,3,6,15,17H2,1-2H3,(H2,31,35)(H,32,36). The van der Waals surface area contributed by atoms with E-state index in [1.807, 2.05) is 66.7 Å². The van der Waals surface area contributed by atoms with Crippen molar-refractivity contribution in [1.29, 1.82) is 0 Å². The van der Waals surface area contributed by atoms with Gasteiger partial charge >= 0.3 is 0 Å². The fourth-order valence-corrected chi connectivity index (χ4v) is 4.60. The Kier molecular flexibility index (Phi) is 7.96. The number of fused-ring (bicyclic) bond motifs is 1. The summed E-state index contributed by atoms with van der Waals surface area (Å²) in [7, 11) is 0. The molecule has 1 aromatic heterocycles. The van der Waals surface area contributed by atoms with E-state index < -0.39 is 5.91 Å². The lowest BCUT2D eigenvalue weighted by molar-refractivity contribution is -0.117. The Balaban J connectivity index is 1.49. The molecule has 1 atom stereocenters. The maximum Gasteiger partial charge on any atom is 0.255 e. The summed E-state index contributed by atoms with van der Waals surface area (Å²) in [5.74, 6) is 0.0955. The number of nitrogens with zero attached hydrogens (tertiary/aromatic N) is 2. The van der Waals surface area contributed by atoms with E-state index in [0.717, 1.165) is 34.9 Å². The second kappa shape index (κ2) is 11.3. The van der Waals surface area contributed by atoms with E-state index in [1.165, 1.54) is 0 Å². The lowest BCUT2D eigenvalue weighted by Gasteiger charge is -2.17. The van der Waals surface area contributed by atoms with Gasteiger partial charge in [-0.3, -0.25) is 9.59 Å². The topological polar surface area (TPSA) is 98.0 Å². The van der Waals surface area contributed by atoms with Gasteiger partial charge in [0.25, 0.3) is 5.91 Å². The molecule has 0 aliphatic carbocycles. The molecule has 4 rings (SSSR count). The average molecular weight is 501 g/mol. The van der Waals surface area contributed by atoms with Crippen LogP contribution in [0.4, 0.5) is 5.69 Å². The van der Waals surface area contributed by atoms with Gasteiger partial charge in [0.1, 0.15) is 11.0 Å². The van der Waals surface area contributed by atoms with Crippen LogP contribution in [-0.4, -0.2) is 21.8 Å². The van der Waals surface area contributed by atoms with Crippen molar-refractivity contribution >= 4 is 39.9 Å². The molecule has 0 fully saturated rings. The largest absolute Gasteiger partial charge is 0.369 e. The zero-order chi connectivity index (χ0) is 25.7. The maximum absolute atomic E-state index is 12.8. The van der Waals surface area contributed by atoms with E-state index in [1.54, 1.807) is 0 Å². The van der Waals surface area contributed by atoms with Crippen LogP contribution in [0.15, 0.2) is 66.7 Å².